The number of anilines is 1. The van der Waals surface area contributed by atoms with E-state index >= 15 is 0 Å². The Kier molecular flexibility index (Phi) is 5.00. The molecule has 21 heavy (non-hydrogen) atoms. The molecule has 2 N–H and O–H groups in total. The van der Waals surface area contributed by atoms with Crippen LogP contribution in [-0.4, -0.2) is 20.1 Å². The van der Waals surface area contributed by atoms with Crippen LogP contribution in [0.25, 0.3) is 0 Å². The number of benzene rings is 1. The highest BCUT2D eigenvalue weighted by Gasteiger charge is 2.19. The predicted octanol–water partition coefficient (Wildman–Crippen LogP) is 2.35. The Balaban J connectivity index is 2.10. The molecule has 1 amide bonds. The molecule has 1 aliphatic heterocycles. The van der Waals surface area contributed by atoms with Gasteiger partial charge in [-0.25, -0.2) is 13.1 Å². The van der Waals surface area contributed by atoms with E-state index in [1.807, 2.05) is 32.0 Å². The van der Waals surface area contributed by atoms with Crippen LogP contribution < -0.4 is 10.0 Å². The summed E-state index contributed by atoms with van der Waals surface area (Å²) in [4.78, 5) is 11.3. The first-order valence-electron chi connectivity index (χ1n) is 7.34. The number of nitrogens with one attached hydrogen (secondary N) is 2. The predicted molar refractivity (Wildman–Crippen MR) is 83.6 cm³/mol. The Hall–Kier alpha value is -1.40. The van der Waals surface area contributed by atoms with E-state index in [0.717, 1.165) is 23.2 Å². The summed E-state index contributed by atoms with van der Waals surface area (Å²) in [6, 6.07) is 5.41. The summed E-state index contributed by atoms with van der Waals surface area (Å²) in [5.74, 6) is 0.193. The summed E-state index contributed by atoms with van der Waals surface area (Å²) in [6.07, 6.45) is 2.70. The van der Waals surface area contributed by atoms with Crippen LogP contribution in [0, 0.1) is 0 Å². The number of amides is 1. The molecular formula is C15H22N2O3S. The molecule has 1 unspecified atom stereocenters. The van der Waals surface area contributed by atoms with Crippen LogP contribution in [0.1, 0.15) is 50.3 Å². The van der Waals surface area contributed by atoms with Gasteiger partial charge < -0.3 is 5.32 Å². The standard InChI is InChI=1S/C15H22N2O3S/c1-3-4-9-21(19,20)17-11(2)12-5-7-14-13(10-12)6-8-15(18)16-14/h5,7,10-11,17H,3-4,6,8-9H2,1-2H3,(H,16,18). The fraction of sp³-hybridized carbons (Fsp3) is 0.533. The zero-order valence-electron chi connectivity index (χ0n) is 12.5. The number of aryl methyl sites for hydroxylation is 1. The lowest BCUT2D eigenvalue weighted by molar-refractivity contribution is -0.116. The van der Waals surface area contributed by atoms with Crippen molar-refractivity contribution >= 4 is 21.6 Å². The average Bonchev–Trinajstić information content (AvgIpc) is 2.44. The van der Waals surface area contributed by atoms with Gasteiger partial charge in [-0.3, -0.25) is 4.79 Å². The molecule has 0 radical (unpaired) electrons. The van der Waals surface area contributed by atoms with E-state index in [1.165, 1.54) is 0 Å². The van der Waals surface area contributed by atoms with E-state index in [9.17, 15) is 13.2 Å². The second-order valence-electron chi connectivity index (χ2n) is 5.48. The van der Waals surface area contributed by atoms with Crippen molar-refractivity contribution in [2.24, 2.45) is 0 Å². The average molecular weight is 310 g/mol. The van der Waals surface area contributed by atoms with Gasteiger partial charge in [0.2, 0.25) is 15.9 Å². The number of hydrogen-bond acceptors (Lipinski definition) is 3. The van der Waals surface area contributed by atoms with E-state index in [2.05, 4.69) is 10.0 Å². The van der Waals surface area contributed by atoms with Gasteiger partial charge in [0.15, 0.2) is 0 Å². The van der Waals surface area contributed by atoms with Gasteiger partial charge in [-0.05, 0) is 37.0 Å². The third-order valence-corrected chi connectivity index (χ3v) is 5.19. The largest absolute Gasteiger partial charge is 0.326 e. The molecule has 1 aliphatic rings. The Labute approximate surface area is 126 Å². The molecule has 0 bridgehead atoms. The second kappa shape index (κ2) is 6.58. The highest BCUT2D eigenvalue weighted by Crippen LogP contribution is 2.26. The second-order valence-corrected chi connectivity index (χ2v) is 7.35. The van der Waals surface area contributed by atoms with Gasteiger partial charge in [-0.2, -0.15) is 0 Å². The summed E-state index contributed by atoms with van der Waals surface area (Å²) >= 11 is 0. The third kappa shape index (κ3) is 4.28. The molecule has 0 spiro atoms. The zero-order chi connectivity index (χ0) is 15.5. The van der Waals surface area contributed by atoms with E-state index in [-0.39, 0.29) is 17.7 Å². The lowest BCUT2D eigenvalue weighted by Gasteiger charge is -2.20. The van der Waals surface area contributed by atoms with Gasteiger partial charge in [0, 0.05) is 18.2 Å². The van der Waals surface area contributed by atoms with Crippen molar-refractivity contribution in [3.05, 3.63) is 29.3 Å². The SMILES string of the molecule is CCCCS(=O)(=O)NC(C)c1ccc2c(c1)CCC(=O)N2. The van der Waals surface area contributed by atoms with E-state index in [0.29, 0.717) is 19.3 Å². The van der Waals surface area contributed by atoms with Crippen LogP contribution >= 0.6 is 0 Å². The van der Waals surface area contributed by atoms with Gasteiger partial charge in [0.25, 0.3) is 0 Å². The maximum Gasteiger partial charge on any atom is 0.224 e. The third-order valence-electron chi connectivity index (χ3n) is 3.65. The number of rotatable bonds is 6. The molecule has 0 saturated heterocycles. The van der Waals surface area contributed by atoms with Crippen molar-refractivity contribution in [1.29, 1.82) is 0 Å². The fourth-order valence-corrected chi connectivity index (χ4v) is 3.86. The molecule has 0 fully saturated rings. The van der Waals surface area contributed by atoms with Gasteiger partial charge in [-0.1, -0.05) is 25.5 Å². The molecule has 116 valence electrons. The minimum atomic E-state index is -3.24. The lowest BCUT2D eigenvalue weighted by Crippen LogP contribution is -2.29. The first kappa shape index (κ1) is 16.0. The number of unbranched alkanes of at least 4 members (excludes halogenated alkanes) is 1. The van der Waals surface area contributed by atoms with Gasteiger partial charge in [0.05, 0.1) is 5.75 Å². The summed E-state index contributed by atoms with van der Waals surface area (Å²) in [5, 5.41) is 2.82. The fourth-order valence-electron chi connectivity index (χ4n) is 2.40. The van der Waals surface area contributed by atoms with Gasteiger partial charge in [0.1, 0.15) is 0 Å². The minimum absolute atomic E-state index is 0.0311. The van der Waals surface area contributed by atoms with Crippen molar-refractivity contribution in [3.63, 3.8) is 0 Å². The molecule has 1 heterocycles. The monoisotopic (exact) mass is 310 g/mol. The molecule has 0 saturated carbocycles. The van der Waals surface area contributed by atoms with Crippen LogP contribution in [-0.2, 0) is 21.2 Å². The van der Waals surface area contributed by atoms with Crippen LogP contribution in [0.4, 0.5) is 5.69 Å². The van der Waals surface area contributed by atoms with Crippen molar-refractivity contribution in [2.45, 2.75) is 45.6 Å². The van der Waals surface area contributed by atoms with E-state index in [1.54, 1.807) is 0 Å². The van der Waals surface area contributed by atoms with Crippen LogP contribution in [0.5, 0.6) is 0 Å². The quantitative estimate of drug-likeness (QED) is 0.847. The Bertz CT molecular complexity index is 626. The molecule has 6 heteroatoms. The number of fused-ring (bicyclic) bond motifs is 1. The number of carbonyl (C=O) groups excluding carboxylic acids is 1. The van der Waals surface area contributed by atoms with Gasteiger partial charge >= 0.3 is 0 Å². The highest BCUT2D eigenvalue weighted by atomic mass is 32.2. The summed E-state index contributed by atoms with van der Waals surface area (Å²) in [5.41, 5.74) is 2.81. The van der Waals surface area contributed by atoms with Crippen molar-refractivity contribution < 1.29 is 13.2 Å². The Morgan fingerprint density at radius 2 is 2.10 bits per heavy atom. The lowest BCUT2D eigenvalue weighted by atomic mass is 9.98. The first-order valence-corrected chi connectivity index (χ1v) is 8.99. The molecule has 2 rings (SSSR count). The summed E-state index contributed by atoms with van der Waals surface area (Å²) < 4.78 is 26.6. The maximum atomic E-state index is 11.9. The van der Waals surface area contributed by atoms with Crippen molar-refractivity contribution in [2.75, 3.05) is 11.1 Å². The normalized spacial score (nSPS) is 16.2. The zero-order valence-corrected chi connectivity index (χ0v) is 13.3. The molecule has 0 aliphatic carbocycles. The van der Waals surface area contributed by atoms with E-state index in [4.69, 9.17) is 0 Å². The van der Waals surface area contributed by atoms with E-state index < -0.39 is 10.0 Å². The smallest absolute Gasteiger partial charge is 0.224 e. The topological polar surface area (TPSA) is 75.3 Å². The molecular weight excluding hydrogens is 288 g/mol. The van der Waals surface area contributed by atoms with Crippen LogP contribution in [0.15, 0.2) is 18.2 Å². The van der Waals surface area contributed by atoms with Crippen LogP contribution in [0.2, 0.25) is 0 Å². The number of hydrogen-bond donors (Lipinski definition) is 2. The van der Waals surface area contributed by atoms with Crippen molar-refractivity contribution in [1.82, 2.24) is 4.72 Å². The Morgan fingerprint density at radius 3 is 2.81 bits per heavy atom. The first-order chi connectivity index (χ1) is 9.91. The summed E-state index contributed by atoms with van der Waals surface area (Å²) in [6.45, 7) is 3.81. The molecule has 5 nitrogen and oxygen atoms in total. The molecule has 1 aromatic carbocycles. The number of sulfonamides is 1. The van der Waals surface area contributed by atoms with Crippen molar-refractivity contribution in [3.8, 4) is 0 Å². The van der Waals surface area contributed by atoms with Gasteiger partial charge in [-0.15, -0.1) is 0 Å². The maximum absolute atomic E-state index is 11.9. The molecule has 1 aromatic rings. The van der Waals surface area contributed by atoms with Crippen LogP contribution in [0.3, 0.4) is 0 Å². The minimum Gasteiger partial charge on any atom is -0.326 e. The number of carbonyl (C=O) groups is 1. The Morgan fingerprint density at radius 1 is 1.33 bits per heavy atom. The molecule has 1 atom stereocenters. The molecule has 0 aromatic heterocycles. The highest BCUT2D eigenvalue weighted by molar-refractivity contribution is 7.89. The summed E-state index contributed by atoms with van der Waals surface area (Å²) in [7, 11) is -3.24.